The lowest BCUT2D eigenvalue weighted by Crippen LogP contribution is -2.21. The first-order valence-electron chi connectivity index (χ1n) is 4.23. The SMILES string of the molecule is CCNCCC(=O)Nc1cnoc1. The van der Waals surface area contributed by atoms with Crippen molar-refractivity contribution >= 4 is 11.6 Å². The molecule has 72 valence electrons. The Bertz CT molecular complexity index is 246. The Morgan fingerprint density at radius 1 is 1.69 bits per heavy atom. The number of carbonyl (C=O) groups excluding carboxylic acids is 1. The number of carbonyl (C=O) groups is 1. The van der Waals surface area contributed by atoms with Crippen LogP contribution in [0.25, 0.3) is 0 Å². The molecule has 0 spiro atoms. The maximum atomic E-state index is 11.2. The number of hydrogen-bond acceptors (Lipinski definition) is 4. The van der Waals surface area contributed by atoms with Crippen molar-refractivity contribution in [1.82, 2.24) is 10.5 Å². The van der Waals surface area contributed by atoms with Gasteiger partial charge in [-0.05, 0) is 6.54 Å². The highest BCUT2D eigenvalue weighted by Gasteiger charge is 2.02. The van der Waals surface area contributed by atoms with Crippen LogP contribution in [0.15, 0.2) is 17.0 Å². The van der Waals surface area contributed by atoms with Gasteiger partial charge in [0, 0.05) is 13.0 Å². The normalized spacial score (nSPS) is 9.92. The molecule has 1 aromatic heterocycles. The fraction of sp³-hybridized carbons (Fsp3) is 0.500. The summed E-state index contributed by atoms with van der Waals surface area (Å²) in [6.07, 6.45) is 3.31. The van der Waals surface area contributed by atoms with Crippen molar-refractivity contribution in [3.05, 3.63) is 12.5 Å². The average molecular weight is 183 g/mol. The Labute approximate surface area is 76.5 Å². The van der Waals surface area contributed by atoms with Gasteiger partial charge < -0.3 is 15.2 Å². The van der Waals surface area contributed by atoms with E-state index in [1.54, 1.807) is 0 Å². The van der Waals surface area contributed by atoms with E-state index in [2.05, 4.69) is 20.3 Å². The van der Waals surface area contributed by atoms with E-state index in [0.29, 0.717) is 18.7 Å². The zero-order chi connectivity index (χ0) is 9.52. The van der Waals surface area contributed by atoms with Crippen LogP contribution in [0.2, 0.25) is 0 Å². The maximum absolute atomic E-state index is 11.2. The quantitative estimate of drug-likeness (QED) is 0.656. The van der Waals surface area contributed by atoms with Gasteiger partial charge in [-0.15, -0.1) is 0 Å². The van der Waals surface area contributed by atoms with Crippen LogP contribution in [0.3, 0.4) is 0 Å². The predicted octanol–water partition coefficient (Wildman–Crippen LogP) is 0.613. The average Bonchev–Trinajstić information content (AvgIpc) is 2.57. The highest BCUT2D eigenvalue weighted by Crippen LogP contribution is 2.03. The highest BCUT2D eigenvalue weighted by atomic mass is 16.5. The van der Waals surface area contributed by atoms with Gasteiger partial charge in [-0.2, -0.15) is 0 Å². The Kier molecular flexibility index (Phi) is 3.98. The maximum Gasteiger partial charge on any atom is 0.225 e. The van der Waals surface area contributed by atoms with Gasteiger partial charge in [0.25, 0.3) is 0 Å². The topological polar surface area (TPSA) is 67.2 Å². The van der Waals surface area contributed by atoms with Crippen molar-refractivity contribution in [1.29, 1.82) is 0 Å². The molecule has 0 saturated heterocycles. The molecule has 0 aliphatic heterocycles. The van der Waals surface area contributed by atoms with Crippen LogP contribution >= 0.6 is 0 Å². The van der Waals surface area contributed by atoms with Gasteiger partial charge in [0.2, 0.25) is 5.91 Å². The minimum Gasteiger partial charge on any atom is -0.363 e. The third-order valence-corrected chi connectivity index (χ3v) is 1.49. The monoisotopic (exact) mass is 183 g/mol. The van der Waals surface area contributed by atoms with Gasteiger partial charge >= 0.3 is 0 Å². The number of hydrogen-bond donors (Lipinski definition) is 2. The molecule has 0 bridgehead atoms. The van der Waals surface area contributed by atoms with Gasteiger partial charge in [-0.1, -0.05) is 12.1 Å². The van der Waals surface area contributed by atoms with Gasteiger partial charge in [-0.3, -0.25) is 4.79 Å². The van der Waals surface area contributed by atoms with Crippen molar-refractivity contribution in [2.24, 2.45) is 0 Å². The van der Waals surface area contributed by atoms with Crippen LogP contribution in [-0.2, 0) is 4.79 Å². The second-order valence-electron chi connectivity index (χ2n) is 2.56. The Morgan fingerprint density at radius 3 is 3.15 bits per heavy atom. The third kappa shape index (κ3) is 3.71. The summed E-state index contributed by atoms with van der Waals surface area (Å²) in [5, 5.41) is 9.17. The molecule has 0 fully saturated rings. The molecule has 5 nitrogen and oxygen atoms in total. The van der Waals surface area contributed by atoms with Gasteiger partial charge in [0.1, 0.15) is 12.0 Å². The van der Waals surface area contributed by atoms with E-state index in [9.17, 15) is 4.79 Å². The number of anilines is 1. The highest BCUT2D eigenvalue weighted by molar-refractivity contribution is 5.90. The van der Waals surface area contributed by atoms with Crippen LogP contribution in [0.5, 0.6) is 0 Å². The number of nitrogens with one attached hydrogen (secondary N) is 2. The summed E-state index contributed by atoms with van der Waals surface area (Å²) in [5.74, 6) is -0.0378. The van der Waals surface area contributed by atoms with E-state index >= 15 is 0 Å². The molecule has 0 radical (unpaired) electrons. The van der Waals surface area contributed by atoms with Gasteiger partial charge in [0.05, 0.1) is 6.20 Å². The summed E-state index contributed by atoms with van der Waals surface area (Å²) in [6.45, 7) is 3.56. The summed E-state index contributed by atoms with van der Waals surface area (Å²) < 4.78 is 4.56. The number of rotatable bonds is 5. The number of aromatic nitrogens is 1. The molecule has 0 atom stereocenters. The predicted molar refractivity (Wildman–Crippen MR) is 48.3 cm³/mol. The summed E-state index contributed by atoms with van der Waals surface area (Å²) >= 11 is 0. The van der Waals surface area contributed by atoms with Crippen molar-refractivity contribution < 1.29 is 9.32 Å². The fourth-order valence-corrected chi connectivity index (χ4v) is 0.869. The first kappa shape index (κ1) is 9.73. The zero-order valence-electron chi connectivity index (χ0n) is 7.54. The van der Waals surface area contributed by atoms with Crippen molar-refractivity contribution in [2.75, 3.05) is 18.4 Å². The van der Waals surface area contributed by atoms with Crippen molar-refractivity contribution in [2.45, 2.75) is 13.3 Å². The lowest BCUT2D eigenvalue weighted by atomic mass is 10.4. The standard InChI is InChI=1S/C8H13N3O2/c1-2-9-4-3-8(12)11-7-5-10-13-6-7/h5-6,9H,2-4H2,1H3,(H,11,12). The Balaban J connectivity index is 2.18. The van der Waals surface area contributed by atoms with E-state index in [1.165, 1.54) is 12.5 Å². The van der Waals surface area contributed by atoms with Crippen LogP contribution in [0, 0.1) is 0 Å². The van der Waals surface area contributed by atoms with E-state index in [0.717, 1.165) is 6.54 Å². The fourth-order valence-electron chi connectivity index (χ4n) is 0.869. The second-order valence-corrected chi connectivity index (χ2v) is 2.56. The molecule has 13 heavy (non-hydrogen) atoms. The van der Waals surface area contributed by atoms with Crippen LogP contribution in [-0.4, -0.2) is 24.2 Å². The Morgan fingerprint density at radius 2 is 2.54 bits per heavy atom. The molecule has 1 aromatic rings. The minimum atomic E-state index is -0.0378. The van der Waals surface area contributed by atoms with E-state index < -0.39 is 0 Å². The minimum absolute atomic E-state index is 0.0378. The lowest BCUT2D eigenvalue weighted by molar-refractivity contribution is -0.116. The third-order valence-electron chi connectivity index (χ3n) is 1.49. The van der Waals surface area contributed by atoms with Gasteiger partial charge in [0.15, 0.2) is 0 Å². The first-order chi connectivity index (χ1) is 6.33. The molecular formula is C8H13N3O2. The largest absolute Gasteiger partial charge is 0.363 e. The van der Waals surface area contributed by atoms with E-state index in [-0.39, 0.29) is 5.91 Å². The molecule has 5 heteroatoms. The molecule has 1 amide bonds. The summed E-state index contributed by atoms with van der Waals surface area (Å²) in [7, 11) is 0. The van der Waals surface area contributed by atoms with Crippen LogP contribution in [0.1, 0.15) is 13.3 Å². The molecule has 1 rings (SSSR count). The first-order valence-corrected chi connectivity index (χ1v) is 4.23. The zero-order valence-corrected chi connectivity index (χ0v) is 7.54. The Hall–Kier alpha value is -1.36. The van der Waals surface area contributed by atoms with Crippen molar-refractivity contribution in [3.63, 3.8) is 0 Å². The second kappa shape index (κ2) is 5.31. The molecule has 0 unspecified atom stereocenters. The molecule has 1 heterocycles. The molecule has 0 aromatic carbocycles. The molecule has 2 N–H and O–H groups in total. The molecule has 0 saturated carbocycles. The number of nitrogens with zero attached hydrogens (tertiary/aromatic N) is 1. The number of amides is 1. The smallest absolute Gasteiger partial charge is 0.225 e. The lowest BCUT2D eigenvalue weighted by Gasteiger charge is -2.01. The van der Waals surface area contributed by atoms with Crippen molar-refractivity contribution in [3.8, 4) is 0 Å². The van der Waals surface area contributed by atoms with E-state index in [1.807, 2.05) is 6.92 Å². The summed E-state index contributed by atoms with van der Waals surface area (Å²) in [4.78, 5) is 11.2. The summed E-state index contributed by atoms with van der Waals surface area (Å²) in [5.41, 5.74) is 0.599. The van der Waals surface area contributed by atoms with Gasteiger partial charge in [-0.25, -0.2) is 0 Å². The molecule has 0 aliphatic rings. The molecular weight excluding hydrogens is 170 g/mol. The van der Waals surface area contributed by atoms with Crippen LogP contribution < -0.4 is 10.6 Å². The molecule has 0 aliphatic carbocycles. The van der Waals surface area contributed by atoms with E-state index in [4.69, 9.17) is 0 Å². The van der Waals surface area contributed by atoms with Crippen LogP contribution in [0.4, 0.5) is 5.69 Å². The summed E-state index contributed by atoms with van der Waals surface area (Å²) in [6, 6.07) is 0.